The Morgan fingerprint density at radius 1 is 0.344 bits per heavy atom. The molecule has 0 spiro atoms. The van der Waals surface area contributed by atoms with Crippen LogP contribution in [0, 0.1) is 0 Å². The maximum atomic E-state index is 12.8. The Morgan fingerprint density at radius 3 is 1.14 bits per heavy atom. The van der Waals surface area contributed by atoms with Crippen LogP contribution >= 0.6 is 0 Å². The average molecular weight is 889 g/mol. The Bertz CT molecular complexity index is 1300. The number of allylic oxidation sites excluding steroid dienone is 16. The van der Waals surface area contributed by atoms with Gasteiger partial charge in [-0.15, -0.1) is 0 Å². The normalized spacial score (nSPS) is 12.9. The van der Waals surface area contributed by atoms with Crippen LogP contribution in [-0.4, -0.2) is 37.2 Å². The van der Waals surface area contributed by atoms with Gasteiger partial charge in [0, 0.05) is 19.3 Å². The van der Waals surface area contributed by atoms with E-state index in [0.29, 0.717) is 12.8 Å². The van der Waals surface area contributed by atoms with Gasteiger partial charge in [-0.3, -0.25) is 14.4 Å². The second-order valence-electron chi connectivity index (χ2n) is 17.2. The van der Waals surface area contributed by atoms with Crippen LogP contribution in [0.4, 0.5) is 0 Å². The van der Waals surface area contributed by atoms with Crippen LogP contribution in [0.1, 0.15) is 233 Å². The van der Waals surface area contributed by atoms with Gasteiger partial charge in [0.25, 0.3) is 0 Å². The summed E-state index contributed by atoms with van der Waals surface area (Å²) < 4.78 is 16.7. The standard InChI is InChI=1S/C58H96O6/c1-4-7-10-13-16-19-22-25-27-29-31-33-36-39-42-45-48-51-57(60)63-54-55(53-62-56(59)50-47-44-41-38-35-32-24-21-18-15-12-9-6-3)64-58(61)52-49-46-43-40-37-34-30-28-26-23-20-17-14-11-8-5-2/h9,12,15-16,18-19,21,24-25,27-28,30,32,34-35,37,55H,4-8,10-11,13-14,17,20,22-23,26,29,31,33,36,38-54H2,1-3H3/b12-9+,18-15+,19-16+,24-21+,27-25+,30-28+,35-32+,37-34+. The second-order valence-corrected chi connectivity index (χ2v) is 17.2. The van der Waals surface area contributed by atoms with E-state index in [2.05, 4.69) is 81.5 Å². The minimum atomic E-state index is -0.811. The minimum absolute atomic E-state index is 0.106. The average Bonchev–Trinajstić information content (AvgIpc) is 3.29. The van der Waals surface area contributed by atoms with Crippen LogP contribution in [-0.2, 0) is 28.6 Å². The number of ether oxygens (including phenoxy) is 3. The maximum absolute atomic E-state index is 12.8. The first-order chi connectivity index (χ1) is 31.5. The van der Waals surface area contributed by atoms with Gasteiger partial charge in [-0.05, 0) is 96.3 Å². The number of esters is 3. The molecular weight excluding hydrogens is 793 g/mol. The highest BCUT2D eigenvalue weighted by Gasteiger charge is 2.19. The van der Waals surface area contributed by atoms with Crippen LogP contribution < -0.4 is 0 Å². The van der Waals surface area contributed by atoms with E-state index in [1.165, 1.54) is 96.3 Å². The van der Waals surface area contributed by atoms with Gasteiger partial charge in [-0.1, -0.05) is 214 Å². The topological polar surface area (TPSA) is 78.9 Å². The monoisotopic (exact) mass is 889 g/mol. The molecule has 0 radical (unpaired) electrons. The van der Waals surface area contributed by atoms with Crippen molar-refractivity contribution >= 4 is 17.9 Å². The molecule has 64 heavy (non-hydrogen) atoms. The molecule has 1 unspecified atom stereocenters. The molecule has 0 aromatic rings. The number of carbonyl (C=O) groups excluding carboxylic acids is 3. The molecule has 0 saturated heterocycles. The zero-order valence-electron chi connectivity index (χ0n) is 41.5. The van der Waals surface area contributed by atoms with E-state index in [1.807, 2.05) is 36.5 Å². The largest absolute Gasteiger partial charge is 0.462 e. The van der Waals surface area contributed by atoms with Gasteiger partial charge in [0.15, 0.2) is 6.10 Å². The first kappa shape index (κ1) is 60.3. The van der Waals surface area contributed by atoms with Crippen molar-refractivity contribution in [2.45, 2.75) is 239 Å². The van der Waals surface area contributed by atoms with E-state index in [4.69, 9.17) is 14.2 Å². The van der Waals surface area contributed by atoms with E-state index in [1.54, 1.807) is 0 Å². The summed E-state index contributed by atoms with van der Waals surface area (Å²) in [5.41, 5.74) is 0. The number of hydrogen-bond donors (Lipinski definition) is 0. The third-order valence-electron chi connectivity index (χ3n) is 10.9. The van der Waals surface area contributed by atoms with Gasteiger partial charge in [0.2, 0.25) is 0 Å². The Labute approximate surface area is 394 Å². The summed E-state index contributed by atoms with van der Waals surface area (Å²) in [6.45, 7) is 6.40. The van der Waals surface area contributed by atoms with Crippen molar-refractivity contribution < 1.29 is 28.6 Å². The van der Waals surface area contributed by atoms with Crippen molar-refractivity contribution in [3.05, 3.63) is 97.2 Å². The molecule has 0 amide bonds. The molecule has 0 aliphatic carbocycles. The van der Waals surface area contributed by atoms with Crippen molar-refractivity contribution in [3.8, 4) is 0 Å². The van der Waals surface area contributed by atoms with Crippen molar-refractivity contribution in [2.24, 2.45) is 0 Å². The van der Waals surface area contributed by atoms with Crippen molar-refractivity contribution in [3.63, 3.8) is 0 Å². The fraction of sp³-hybridized carbons (Fsp3) is 0.672. The Balaban J connectivity index is 4.50. The molecule has 0 rings (SSSR count). The predicted octanol–water partition coefficient (Wildman–Crippen LogP) is 17.4. The van der Waals surface area contributed by atoms with Gasteiger partial charge in [0.05, 0.1) is 0 Å². The van der Waals surface area contributed by atoms with Crippen LogP contribution in [0.5, 0.6) is 0 Å². The van der Waals surface area contributed by atoms with Crippen LogP contribution in [0.2, 0.25) is 0 Å². The lowest BCUT2D eigenvalue weighted by atomic mass is 10.1. The first-order valence-corrected chi connectivity index (χ1v) is 26.3. The summed E-state index contributed by atoms with van der Waals surface area (Å²) in [4.78, 5) is 38.0. The molecule has 0 bridgehead atoms. The van der Waals surface area contributed by atoms with Gasteiger partial charge in [-0.2, -0.15) is 0 Å². The highest BCUT2D eigenvalue weighted by molar-refractivity contribution is 5.71. The zero-order valence-corrected chi connectivity index (χ0v) is 41.5. The predicted molar refractivity (Wildman–Crippen MR) is 274 cm³/mol. The molecule has 0 aromatic heterocycles. The lowest BCUT2D eigenvalue weighted by Crippen LogP contribution is -2.30. The van der Waals surface area contributed by atoms with Crippen LogP contribution in [0.15, 0.2) is 97.2 Å². The summed E-state index contributed by atoms with van der Waals surface area (Å²) in [7, 11) is 0. The highest BCUT2D eigenvalue weighted by Crippen LogP contribution is 2.13. The van der Waals surface area contributed by atoms with E-state index in [9.17, 15) is 14.4 Å². The molecule has 0 fully saturated rings. The summed E-state index contributed by atoms with van der Waals surface area (Å²) in [5.74, 6) is -0.983. The third-order valence-corrected chi connectivity index (χ3v) is 10.9. The summed E-state index contributed by atoms with van der Waals surface area (Å²) in [6, 6.07) is 0. The van der Waals surface area contributed by atoms with Crippen molar-refractivity contribution in [2.75, 3.05) is 13.2 Å². The van der Waals surface area contributed by atoms with Crippen LogP contribution in [0.3, 0.4) is 0 Å². The minimum Gasteiger partial charge on any atom is -0.462 e. The summed E-state index contributed by atoms with van der Waals surface area (Å²) in [6.07, 6.45) is 68.2. The molecule has 0 heterocycles. The van der Waals surface area contributed by atoms with Crippen molar-refractivity contribution in [1.82, 2.24) is 0 Å². The Morgan fingerprint density at radius 2 is 0.672 bits per heavy atom. The van der Waals surface area contributed by atoms with Gasteiger partial charge >= 0.3 is 17.9 Å². The molecule has 364 valence electrons. The zero-order chi connectivity index (χ0) is 46.5. The van der Waals surface area contributed by atoms with Gasteiger partial charge in [0.1, 0.15) is 13.2 Å². The fourth-order valence-corrected chi connectivity index (χ4v) is 6.94. The van der Waals surface area contributed by atoms with Crippen LogP contribution in [0.25, 0.3) is 0 Å². The molecule has 0 saturated carbocycles. The van der Waals surface area contributed by atoms with E-state index in [0.717, 1.165) is 96.3 Å². The third kappa shape index (κ3) is 49.3. The lowest BCUT2D eigenvalue weighted by Gasteiger charge is -2.18. The fourth-order valence-electron chi connectivity index (χ4n) is 6.94. The summed E-state index contributed by atoms with van der Waals surface area (Å²) in [5, 5.41) is 0. The number of rotatable bonds is 46. The maximum Gasteiger partial charge on any atom is 0.306 e. The molecule has 0 N–H and O–H groups in total. The second kappa shape index (κ2) is 52.0. The number of hydrogen-bond acceptors (Lipinski definition) is 6. The Kier molecular flexibility index (Phi) is 49.0. The quantitative estimate of drug-likeness (QED) is 0.0199. The van der Waals surface area contributed by atoms with E-state index < -0.39 is 6.10 Å². The number of carbonyl (C=O) groups is 3. The molecule has 0 aliphatic rings. The SMILES string of the molecule is CC/C=C/C=C/C=C/C=C/CCCCCC(=O)OCC(COC(=O)CCCCCCCCC/C=C/C/C=C/CCCCC)OC(=O)CCCCC/C=C/C=C/CCCCCCCCC. The smallest absolute Gasteiger partial charge is 0.306 e. The highest BCUT2D eigenvalue weighted by atomic mass is 16.6. The lowest BCUT2D eigenvalue weighted by molar-refractivity contribution is -0.167. The molecule has 1 atom stereocenters. The van der Waals surface area contributed by atoms with Crippen molar-refractivity contribution in [1.29, 1.82) is 0 Å². The Hall–Kier alpha value is -3.67. The molecule has 0 aromatic carbocycles. The van der Waals surface area contributed by atoms with Gasteiger partial charge < -0.3 is 14.2 Å². The van der Waals surface area contributed by atoms with Gasteiger partial charge in [-0.25, -0.2) is 0 Å². The molecule has 0 aliphatic heterocycles. The molecule has 6 heteroatoms. The molecule has 6 nitrogen and oxygen atoms in total. The molecular formula is C58H96O6. The van der Waals surface area contributed by atoms with E-state index in [-0.39, 0.29) is 37.5 Å². The van der Waals surface area contributed by atoms with E-state index >= 15 is 0 Å². The summed E-state index contributed by atoms with van der Waals surface area (Å²) >= 11 is 0. The first-order valence-electron chi connectivity index (χ1n) is 26.3. The number of unbranched alkanes of at least 4 members (excludes halogenated alkanes) is 23.